The van der Waals surface area contributed by atoms with E-state index < -0.39 is 10.0 Å². The molecule has 0 aliphatic rings. The fourth-order valence-corrected chi connectivity index (χ4v) is 3.71. The number of hydrogen-bond acceptors (Lipinski definition) is 3. The van der Waals surface area contributed by atoms with Crippen LogP contribution in [-0.2, 0) is 16.6 Å². The molecule has 0 spiro atoms. The number of benzene rings is 1. The van der Waals surface area contributed by atoms with Crippen LogP contribution >= 0.6 is 0 Å². The molecule has 18 heavy (non-hydrogen) atoms. The highest BCUT2D eigenvalue weighted by atomic mass is 32.2. The van der Waals surface area contributed by atoms with E-state index in [1.54, 1.807) is 44.2 Å². The first-order valence-corrected chi connectivity index (χ1v) is 7.11. The predicted octanol–water partition coefficient (Wildman–Crippen LogP) is 1.80. The minimum absolute atomic E-state index is 0.287. The van der Waals surface area contributed by atoms with Gasteiger partial charge in [0.1, 0.15) is 0 Å². The van der Waals surface area contributed by atoms with Gasteiger partial charge in [0.15, 0.2) is 0 Å². The van der Waals surface area contributed by atoms with Crippen LogP contribution in [0.5, 0.6) is 0 Å². The number of nitrogens with zero attached hydrogens (tertiary/aromatic N) is 1. The standard InChI is InChI=1S/C13H16N2O2S/c1-10-8-12(9-14)11(2)15(10)18(16,17)13-6-4-3-5-7-13/h3-8H,9,14H2,1-2H3. The second kappa shape index (κ2) is 4.59. The summed E-state index contributed by atoms with van der Waals surface area (Å²) >= 11 is 0. The van der Waals surface area contributed by atoms with Gasteiger partial charge in [-0.1, -0.05) is 18.2 Å². The van der Waals surface area contributed by atoms with Crippen LogP contribution in [0.15, 0.2) is 41.3 Å². The Labute approximate surface area is 107 Å². The average molecular weight is 264 g/mol. The first kappa shape index (κ1) is 12.9. The molecule has 0 unspecified atom stereocenters. The monoisotopic (exact) mass is 264 g/mol. The van der Waals surface area contributed by atoms with Crippen molar-refractivity contribution in [1.29, 1.82) is 0 Å². The first-order valence-electron chi connectivity index (χ1n) is 5.67. The van der Waals surface area contributed by atoms with Gasteiger partial charge in [0.05, 0.1) is 4.90 Å². The summed E-state index contributed by atoms with van der Waals surface area (Å²) in [5.41, 5.74) is 7.82. The van der Waals surface area contributed by atoms with Crippen molar-refractivity contribution in [3.8, 4) is 0 Å². The molecule has 5 heteroatoms. The summed E-state index contributed by atoms with van der Waals surface area (Å²) in [6, 6.07) is 10.2. The van der Waals surface area contributed by atoms with Crippen LogP contribution < -0.4 is 5.73 Å². The number of aromatic nitrogens is 1. The zero-order valence-electron chi connectivity index (χ0n) is 10.4. The van der Waals surface area contributed by atoms with Gasteiger partial charge in [0, 0.05) is 17.9 Å². The van der Waals surface area contributed by atoms with Crippen LogP contribution in [-0.4, -0.2) is 12.4 Å². The Morgan fingerprint density at radius 3 is 2.28 bits per heavy atom. The molecule has 1 aromatic carbocycles. The molecule has 4 nitrogen and oxygen atoms in total. The number of rotatable bonds is 3. The predicted molar refractivity (Wildman–Crippen MR) is 70.8 cm³/mol. The topological polar surface area (TPSA) is 65.1 Å². The van der Waals surface area contributed by atoms with Gasteiger partial charge in [0.2, 0.25) is 0 Å². The normalized spacial score (nSPS) is 11.7. The highest BCUT2D eigenvalue weighted by Crippen LogP contribution is 2.22. The fraction of sp³-hybridized carbons (Fsp3) is 0.231. The molecule has 0 saturated heterocycles. The molecular weight excluding hydrogens is 248 g/mol. The molecule has 0 amide bonds. The lowest BCUT2D eigenvalue weighted by molar-refractivity contribution is 0.585. The summed E-state index contributed by atoms with van der Waals surface area (Å²) in [5.74, 6) is 0. The Balaban J connectivity index is 2.66. The van der Waals surface area contributed by atoms with E-state index in [9.17, 15) is 8.42 Å². The summed E-state index contributed by atoms with van der Waals surface area (Å²) in [6.07, 6.45) is 0. The number of hydrogen-bond donors (Lipinski definition) is 1. The van der Waals surface area contributed by atoms with E-state index in [0.717, 1.165) is 5.56 Å². The van der Waals surface area contributed by atoms with E-state index in [1.165, 1.54) is 3.97 Å². The third-order valence-electron chi connectivity index (χ3n) is 2.97. The van der Waals surface area contributed by atoms with E-state index in [-0.39, 0.29) is 4.90 Å². The van der Waals surface area contributed by atoms with Crippen molar-refractivity contribution in [2.24, 2.45) is 5.73 Å². The van der Waals surface area contributed by atoms with Crippen molar-refractivity contribution in [1.82, 2.24) is 3.97 Å². The quantitative estimate of drug-likeness (QED) is 0.919. The Kier molecular flexibility index (Phi) is 3.28. The van der Waals surface area contributed by atoms with Crippen LogP contribution in [0.3, 0.4) is 0 Å². The molecule has 0 aliphatic heterocycles. The maximum atomic E-state index is 12.5. The molecular formula is C13H16N2O2S. The summed E-state index contributed by atoms with van der Waals surface area (Å²) < 4.78 is 26.4. The van der Waals surface area contributed by atoms with Crippen molar-refractivity contribution in [2.75, 3.05) is 0 Å². The SMILES string of the molecule is Cc1cc(CN)c(C)n1S(=O)(=O)c1ccccc1. The summed E-state index contributed by atoms with van der Waals surface area (Å²) in [5, 5.41) is 0. The molecule has 2 N–H and O–H groups in total. The molecule has 96 valence electrons. The van der Waals surface area contributed by atoms with Crippen molar-refractivity contribution >= 4 is 10.0 Å². The molecule has 0 radical (unpaired) electrons. The van der Waals surface area contributed by atoms with E-state index in [2.05, 4.69) is 0 Å². The number of nitrogens with two attached hydrogens (primary N) is 1. The van der Waals surface area contributed by atoms with Gasteiger partial charge in [-0.3, -0.25) is 0 Å². The van der Waals surface area contributed by atoms with E-state index in [1.807, 2.05) is 6.07 Å². The Bertz CT molecular complexity index is 658. The third kappa shape index (κ3) is 1.95. The lowest BCUT2D eigenvalue weighted by atomic mass is 10.2. The highest BCUT2D eigenvalue weighted by Gasteiger charge is 2.21. The van der Waals surface area contributed by atoms with Gasteiger partial charge in [-0.25, -0.2) is 12.4 Å². The van der Waals surface area contributed by atoms with Crippen molar-refractivity contribution in [2.45, 2.75) is 25.3 Å². The third-order valence-corrected chi connectivity index (χ3v) is 4.88. The molecule has 0 fully saturated rings. The number of aryl methyl sites for hydroxylation is 1. The summed E-state index contributed by atoms with van der Waals surface area (Å²) in [6.45, 7) is 3.88. The average Bonchev–Trinajstić information content (AvgIpc) is 2.65. The van der Waals surface area contributed by atoms with Crippen LogP contribution in [0.1, 0.15) is 17.0 Å². The van der Waals surface area contributed by atoms with Crippen molar-refractivity contribution in [3.05, 3.63) is 53.3 Å². The molecule has 1 aromatic heterocycles. The minimum Gasteiger partial charge on any atom is -0.326 e. The van der Waals surface area contributed by atoms with Gasteiger partial charge in [0.25, 0.3) is 10.0 Å². The largest absolute Gasteiger partial charge is 0.326 e. The molecule has 2 aromatic rings. The molecule has 2 rings (SSSR count). The fourth-order valence-electron chi connectivity index (χ4n) is 2.08. The van der Waals surface area contributed by atoms with Crippen LogP contribution in [0.2, 0.25) is 0 Å². The summed E-state index contributed by atoms with van der Waals surface area (Å²) in [7, 11) is -3.53. The lowest BCUT2D eigenvalue weighted by Crippen LogP contribution is -2.16. The minimum atomic E-state index is -3.53. The molecule has 0 aliphatic carbocycles. The van der Waals surface area contributed by atoms with Crippen molar-refractivity contribution in [3.63, 3.8) is 0 Å². The Morgan fingerprint density at radius 2 is 1.78 bits per heavy atom. The molecule has 0 saturated carbocycles. The molecule has 1 heterocycles. The summed E-state index contributed by atoms with van der Waals surface area (Å²) in [4.78, 5) is 0.287. The second-order valence-corrected chi connectivity index (χ2v) is 5.97. The van der Waals surface area contributed by atoms with Gasteiger partial charge in [-0.15, -0.1) is 0 Å². The highest BCUT2D eigenvalue weighted by molar-refractivity contribution is 7.90. The first-order chi connectivity index (χ1) is 8.48. The Hall–Kier alpha value is -1.59. The van der Waals surface area contributed by atoms with Crippen LogP contribution in [0.4, 0.5) is 0 Å². The maximum Gasteiger partial charge on any atom is 0.268 e. The van der Waals surface area contributed by atoms with E-state index in [4.69, 9.17) is 5.73 Å². The van der Waals surface area contributed by atoms with Gasteiger partial charge in [-0.05, 0) is 37.6 Å². The zero-order chi connectivity index (χ0) is 13.3. The van der Waals surface area contributed by atoms with Gasteiger partial charge < -0.3 is 5.73 Å². The van der Waals surface area contributed by atoms with E-state index >= 15 is 0 Å². The van der Waals surface area contributed by atoms with E-state index in [0.29, 0.717) is 17.9 Å². The molecule has 0 bridgehead atoms. The lowest BCUT2D eigenvalue weighted by Gasteiger charge is -2.11. The second-order valence-electron chi connectivity index (χ2n) is 4.18. The molecule has 0 atom stereocenters. The zero-order valence-corrected chi connectivity index (χ0v) is 11.2. The van der Waals surface area contributed by atoms with Crippen LogP contribution in [0.25, 0.3) is 0 Å². The maximum absolute atomic E-state index is 12.5. The van der Waals surface area contributed by atoms with Crippen molar-refractivity contribution < 1.29 is 8.42 Å². The smallest absolute Gasteiger partial charge is 0.268 e. The van der Waals surface area contributed by atoms with Gasteiger partial charge in [-0.2, -0.15) is 0 Å². The Morgan fingerprint density at radius 1 is 1.17 bits per heavy atom. The van der Waals surface area contributed by atoms with Crippen LogP contribution in [0, 0.1) is 13.8 Å². The van der Waals surface area contributed by atoms with Gasteiger partial charge >= 0.3 is 0 Å².